The molecule has 3 rings (SSSR count). The van der Waals surface area contributed by atoms with Crippen LogP contribution in [-0.4, -0.2) is 19.3 Å². The summed E-state index contributed by atoms with van der Waals surface area (Å²) in [6, 6.07) is 10.7. The zero-order valence-corrected chi connectivity index (χ0v) is 12.7. The lowest BCUT2D eigenvalue weighted by Crippen LogP contribution is -2.13. The molecular formula is C16H21N5. The number of imidazole rings is 1. The van der Waals surface area contributed by atoms with Crippen LogP contribution in [0.15, 0.2) is 30.3 Å². The second kappa shape index (κ2) is 5.24. The molecule has 0 spiro atoms. The minimum absolute atomic E-state index is 0.234. The molecular weight excluding hydrogens is 262 g/mol. The van der Waals surface area contributed by atoms with Gasteiger partial charge in [-0.25, -0.2) is 4.98 Å². The molecule has 0 amide bonds. The highest BCUT2D eigenvalue weighted by atomic mass is 15.4. The van der Waals surface area contributed by atoms with E-state index in [9.17, 15) is 0 Å². The Balaban J connectivity index is 2.03. The van der Waals surface area contributed by atoms with Gasteiger partial charge >= 0.3 is 0 Å². The minimum atomic E-state index is 0.234. The van der Waals surface area contributed by atoms with E-state index in [0.717, 1.165) is 29.7 Å². The van der Waals surface area contributed by atoms with Crippen molar-refractivity contribution in [3.63, 3.8) is 0 Å². The number of anilines is 1. The lowest BCUT2D eigenvalue weighted by atomic mass is 10.1. The molecule has 3 aromatic rings. The third kappa shape index (κ3) is 2.28. The zero-order chi connectivity index (χ0) is 15.0. The number of aryl methyl sites for hydroxylation is 2. The van der Waals surface area contributed by atoms with Crippen LogP contribution in [-0.2, 0) is 19.9 Å². The summed E-state index contributed by atoms with van der Waals surface area (Å²) in [7, 11) is 1.95. The van der Waals surface area contributed by atoms with Crippen LogP contribution in [0, 0.1) is 0 Å². The van der Waals surface area contributed by atoms with Gasteiger partial charge in [-0.2, -0.15) is 5.10 Å². The average molecular weight is 283 g/mol. The van der Waals surface area contributed by atoms with Crippen molar-refractivity contribution in [2.24, 2.45) is 7.05 Å². The Morgan fingerprint density at radius 1 is 1.24 bits per heavy atom. The van der Waals surface area contributed by atoms with Crippen LogP contribution in [0.4, 0.5) is 5.95 Å². The van der Waals surface area contributed by atoms with Crippen LogP contribution in [0.3, 0.4) is 0 Å². The van der Waals surface area contributed by atoms with Crippen molar-refractivity contribution in [2.45, 2.75) is 32.7 Å². The van der Waals surface area contributed by atoms with Gasteiger partial charge in [-0.3, -0.25) is 9.25 Å². The Kier molecular flexibility index (Phi) is 3.41. The van der Waals surface area contributed by atoms with Gasteiger partial charge in [0, 0.05) is 13.1 Å². The van der Waals surface area contributed by atoms with Crippen molar-refractivity contribution < 1.29 is 0 Å². The molecule has 0 aliphatic rings. The summed E-state index contributed by atoms with van der Waals surface area (Å²) in [6.45, 7) is 4.26. The fraction of sp³-hybridized carbons (Fsp3) is 0.375. The summed E-state index contributed by atoms with van der Waals surface area (Å²) >= 11 is 0. The standard InChI is InChI=1S/C16H21N5/c1-4-13-14-15(20(3)19-13)21(16(17)18-14)11(2)10-12-8-6-5-7-9-12/h5-9,11H,4,10H2,1-3H3,(H2,17,18). The van der Waals surface area contributed by atoms with E-state index in [1.807, 2.05) is 17.8 Å². The Bertz CT molecular complexity index is 754. The number of hydrogen-bond donors (Lipinski definition) is 1. The molecule has 1 aromatic carbocycles. The summed E-state index contributed by atoms with van der Waals surface area (Å²) < 4.78 is 3.98. The van der Waals surface area contributed by atoms with Crippen molar-refractivity contribution in [1.29, 1.82) is 0 Å². The Morgan fingerprint density at radius 3 is 2.62 bits per heavy atom. The predicted octanol–water partition coefficient (Wildman–Crippen LogP) is 2.72. The van der Waals surface area contributed by atoms with Gasteiger partial charge in [0.1, 0.15) is 5.52 Å². The molecule has 0 aliphatic heterocycles. The summed E-state index contributed by atoms with van der Waals surface area (Å²) in [5.41, 5.74) is 10.4. The second-order valence-corrected chi connectivity index (χ2v) is 5.47. The second-order valence-electron chi connectivity index (χ2n) is 5.47. The lowest BCUT2D eigenvalue weighted by molar-refractivity contribution is 0.551. The van der Waals surface area contributed by atoms with E-state index in [0.29, 0.717) is 5.95 Å². The van der Waals surface area contributed by atoms with Gasteiger partial charge in [-0.15, -0.1) is 0 Å². The number of benzene rings is 1. The first-order chi connectivity index (χ1) is 10.1. The quantitative estimate of drug-likeness (QED) is 0.801. The average Bonchev–Trinajstić information content (AvgIpc) is 2.96. The molecule has 1 unspecified atom stereocenters. The smallest absolute Gasteiger partial charge is 0.202 e. The molecule has 0 aliphatic carbocycles. The molecule has 0 saturated heterocycles. The zero-order valence-electron chi connectivity index (χ0n) is 12.7. The van der Waals surface area contributed by atoms with E-state index in [2.05, 4.69) is 52.8 Å². The Hall–Kier alpha value is -2.30. The molecule has 0 saturated carbocycles. The number of nitrogens with zero attached hydrogens (tertiary/aromatic N) is 4. The highest BCUT2D eigenvalue weighted by Gasteiger charge is 2.20. The molecule has 2 heterocycles. The van der Waals surface area contributed by atoms with Crippen LogP contribution in [0.25, 0.3) is 11.2 Å². The van der Waals surface area contributed by atoms with Gasteiger partial charge in [0.2, 0.25) is 5.95 Å². The van der Waals surface area contributed by atoms with E-state index in [-0.39, 0.29) is 6.04 Å². The van der Waals surface area contributed by atoms with Crippen molar-refractivity contribution in [3.8, 4) is 0 Å². The van der Waals surface area contributed by atoms with Crippen molar-refractivity contribution in [2.75, 3.05) is 5.73 Å². The van der Waals surface area contributed by atoms with E-state index in [1.54, 1.807) is 0 Å². The van der Waals surface area contributed by atoms with Crippen LogP contribution >= 0.6 is 0 Å². The molecule has 5 heteroatoms. The molecule has 110 valence electrons. The fourth-order valence-electron chi connectivity index (χ4n) is 2.94. The van der Waals surface area contributed by atoms with Crippen LogP contribution in [0.2, 0.25) is 0 Å². The lowest BCUT2D eigenvalue weighted by Gasteiger charge is -2.16. The molecule has 0 fully saturated rings. The number of nitrogens with two attached hydrogens (primary N) is 1. The van der Waals surface area contributed by atoms with Crippen molar-refractivity contribution in [3.05, 3.63) is 41.6 Å². The first kappa shape index (κ1) is 13.7. The van der Waals surface area contributed by atoms with Crippen LogP contribution in [0.1, 0.15) is 31.1 Å². The minimum Gasteiger partial charge on any atom is -0.369 e. The number of fused-ring (bicyclic) bond motifs is 1. The Morgan fingerprint density at radius 2 is 1.95 bits per heavy atom. The maximum atomic E-state index is 6.16. The largest absolute Gasteiger partial charge is 0.369 e. The Labute approximate surface area is 124 Å². The van der Waals surface area contributed by atoms with E-state index in [4.69, 9.17) is 5.73 Å². The first-order valence-electron chi connectivity index (χ1n) is 7.35. The van der Waals surface area contributed by atoms with Crippen LogP contribution in [0.5, 0.6) is 0 Å². The SMILES string of the molecule is CCc1nn(C)c2c1nc(N)n2C(C)Cc1ccccc1. The van der Waals surface area contributed by atoms with Gasteiger partial charge in [0.05, 0.1) is 5.69 Å². The molecule has 2 N–H and O–H groups in total. The van der Waals surface area contributed by atoms with Crippen LogP contribution < -0.4 is 5.73 Å². The van der Waals surface area contributed by atoms with E-state index in [1.165, 1.54) is 5.56 Å². The number of nitrogen functional groups attached to an aromatic ring is 1. The highest BCUT2D eigenvalue weighted by molar-refractivity contribution is 5.78. The molecule has 5 nitrogen and oxygen atoms in total. The maximum Gasteiger partial charge on any atom is 0.202 e. The van der Waals surface area contributed by atoms with Gasteiger partial charge < -0.3 is 5.73 Å². The number of rotatable bonds is 4. The monoisotopic (exact) mass is 283 g/mol. The first-order valence-corrected chi connectivity index (χ1v) is 7.35. The van der Waals surface area contributed by atoms with Crippen molar-refractivity contribution in [1.82, 2.24) is 19.3 Å². The van der Waals surface area contributed by atoms with Gasteiger partial charge in [-0.1, -0.05) is 37.3 Å². The molecule has 0 radical (unpaired) electrons. The van der Waals surface area contributed by atoms with E-state index >= 15 is 0 Å². The summed E-state index contributed by atoms with van der Waals surface area (Å²) in [5, 5.41) is 4.54. The van der Waals surface area contributed by atoms with Crippen molar-refractivity contribution >= 4 is 17.1 Å². The van der Waals surface area contributed by atoms with Gasteiger partial charge in [0.15, 0.2) is 5.65 Å². The van der Waals surface area contributed by atoms with Gasteiger partial charge in [0.25, 0.3) is 0 Å². The molecule has 1 atom stereocenters. The summed E-state index contributed by atoms with van der Waals surface area (Å²) in [6.07, 6.45) is 1.78. The third-order valence-corrected chi connectivity index (χ3v) is 3.91. The maximum absolute atomic E-state index is 6.16. The highest BCUT2D eigenvalue weighted by Crippen LogP contribution is 2.26. The van der Waals surface area contributed by atoms with Gasteiger partial charge in [-0.05, 0) is 25.3 Å². The number of hydrogen-bond acceptors (Lipinski definition) is 3. The topological polar surface area (TPSA) is 61.7 Å². The number of aromatic nitrogens is 4. The summed E-state index contributed by atoms with van der Waals surface area (Å²) in [5.74, 6) is 0.566. The fourth-order valence-corrected chi connectivity index (χ4v) is 2.94. The molecule has 2 aromatic heterocycles. The van der Waals surface area contributed by atoms with E-state index < -0.39 is 0 Å². The molecule has 0 bridgehead atoms. The predicted molar refractivity (Wildman–Crippen MR) is 85.1 cm³/mol. The normalized spacial score (nSPS) is 12.9. The summed E-state index contributed by atoms with van der Waals surface area (Å²) in [4.78, 5) is 4.52. The molecule has 21 heavy (non-hydrogen) atoms. The third-order valence-electron chi connectivity index (χ3n) is 3.91.